The molecule has 0 radical (unpaired) electrons. The molecule has 106 valence electrons. The first kappa shape index (κ1) is 13.1. The summed E-state index contributed by atoms with van der Waals surface area (Å²) in [6, 6.07) is 0.264. The van der Waals surface area contributed by atoms with Crippen LogP contribution < -0.4 is 5.32 Å². The number of hydrogen-bond donors (Lipinski definition) is 1. The van der Waals surface area contributed by atoms with Crippen LogP contribution in [0, 0.1) is 5.92 Å². The molecule has 2 fully saturated rings. The molecule has 0 amide bonds. The van der Waals surface area contributed by atoms with Crippen molar-refractivity contribution in [3.63, 3.8) is 0 Å². The van der Waals surface area contributed by atoms with Crippen LogP contribution in [0.5, 0.6) is 0 Å². The Bertz CT molecular complexity index is 382. The lowest BCUT2D eigenvalue weighted by molar-refractivity contribution is 0.102. The van der Waals surface area contributed by atoms with E-state index in [1.807, 2.05) is 0 Å². The molecule has 5 heteroatoms. The van der Waals surface area contributed by atoms with Crippen molar-refractivity contribution in [1.29, 1.82) is 0 Å². The molecule has 1 saturated heterocycles. The summed E-state index contributed by atoms with van der Waals surface area (Å²) in [5.74, 6) is 2.29. The first-order chi connectivity index (χ1) is 9.42. The smallest absolute Gasteiger partial charge is 0.243 e. The Hall–Kier alpha value is -0.940. The second-order valence-electron chi connectivity index (χ2n) is 5.67. The third-order valence-corrected chi connectivity index (χ3v) is 4.14. The zero-order valence-electron chi connectivity index (χ0n) is 11.4. The summed E-state index contributed by atoms with van der Waals surface area (Å²) in [7, 11) is 0. The van der Waals surface area contributed by atoms with E-state index in [4.69, 9.17) is 9.26 Å². The van der Waals surface area contributed by atoms with Gasteiger partial charge in [-0.1, -0.05) is 18.0 Å². The number of hydrogen-bond acceptors (Lipinski definition) is 5. The quantitative estimate of drug-likeness (QED) is 0.799. The zero-order chi connectivity index (χ0) is 12.9. The van der Waals surface area contributed by atoms with E-state index in [1.54, 1.807) is 0 Å². The standard InChI is InChI=1S/C14H23N3O2/c1-2-5-11(4-1)10-18-9-7-13-16-14(19-17-13)12-6-3-8-15-12/h11-12,15H,1-10H2/t12-/m0/s1. The lowest BCUT2D eigenvalue weighted by Crippen LogP contribution is -2.13. The Morgan fingerprint density at radius 1 is 1.21 bits per heavy atom. The van der Waals surface area contributed by atoms with Crippen molar-refractivity contribution in [2.24, 2.45) is 5.92 Å². The number of rotatable bonds is 6. The van der Waals surface area contributed by atoms with Gasteiger partial charge >= 0.3 is 0 Å². The largest absolute Gasteiger partial charge is 0.381 e. The van der Waals surface area contributed by atoms with Gasteiger partial charge in [0.25, 0.3) is 0 Å². The average molecular weight is 265 g/mol. The van der Waals surface area contributed by atoms with Crippen LogP contribution in [0.3, 0.4) is 0 Å². The Morgan fingerprint density at radius 2 is 2.11 bits per heavy atom. The van der Waals surface area contributed by atoms with Crippen LogP contribution in [-0.2, 0) is 11.2 Å². The molecule has 5 nitrogen and oxygen atoms in total. The van der Waals surface area contributed by atoms with Gasteiger partial charge in [-0.05, 0) is 38.1 Å². The van der Waals surface area contributed by atoms with Gasteiger partial charge in [-0.15, -0.1) is 0 Å². The molecule has 1 N–H and O–H groups in total. The summed E-state index contributed by atoms with van der Waals surface area (Å²) < 4.78 is 11.0. The Kier molecular flexibility index (Phi) is 4.45. The van der Waals surface area contributed by atoms with Crippen LogP contribution >= 0.6 is 0 Å². The highest BCUT2D eigenvalue weighted by atomic mass is 16.5. The Morgan fingerprint density at radius 3 is 2.89 bits per heavy atom. The number of nitrogens with zero attached hydrogens (tertiary/aromatic N) is 2. The normalized spacial score (nSPS) is 24.3. The van der Waals surface area contributed by atoms with Crippen LogP contribution in [0.25, 0.3) is 0 Å². The maximum absolute atomic E-state index is 5.72. The molecule has 3 rings (SSSR count). The summed E-state index contributed by atoms with van der Waals surface area (Å²) in [6.45, 7) is 2.65. The number of nitrogens with one attached hydrogen (secondary N) is 1. The molecule has 1 aromatic rings. The zero-order valence-corrected chi connectivity index (χ0v) is 11.4. The Balaban J connectivity index is 1.37. The maximum Gasteiger partial charge on any atom is 0.243 e. The van der Waals surface area contributed by atoms with E-state index in [2.05, 4.69) is 15.5 Å². The summed E-state index contributed by atoms with van der Waals surface area (Å²) in [5.41, 5.74) is 0. The molecule has 1 aliphatic heterocycles. The highest BCUT2D eigenvalue weighted by Crippen LogP contribution is 2.24. The summed E-state index contributed by atoms with van der Waals surface area (Å²) >= 11 is 0. The lowest BCUT2D eigenvalue weighted by atomic mass is 10.1. The molecule has 1 aliphatic carbocycles. The molecule has 2 heterocycles. The Labute approximate surface area is 114 Å². The van der Waals surface area contributed by atoms with E-state index < -0.39 is 0 Å². The van der Waals surface area contributed by atoms with E-state index in [9.17, 15) is 0 Å². The van der Waals surface area contributed by atoms with E-state index in [0.29, 0.717) is 6.61 Å². The SMILES string of the molecule is C1CCC(COCCc2noc([C@@H]3CCCN3)n2)C1. The topological polar surface area (TPSA) is 60.2 Å². The minimum absolute atomic E-state index is 0.264. The third-order valence-electron chi connectivity index (χ3n) is 4.14. The monoisotopic (exact) mass is 265 g/mol. The van der Waals surface area contributed by atoms with E-state index >= 15 is 0 Å². The van der Waals surface area contributed by atoms with Crippen LogP contribution in [-0.4, -0.2) is 29.9 Å². The summed E-state index contributed by atoms with van der Waals surface area (Å²) in [5, 5.41) is 7.39. The van der Waals surface area contributed by atoms with Gasteiger partial charge in [-0.2, -0.15) is 4.98 Å². The minimum Gasteiger partial charge on any atom is -0.381 e. The van der Waals surface area contributed by atoms with Crippen molar-refractivity contribution in [2.75, 3.05) is 19.8 Å². The van der Waals surface area contributed by atoms with Gasteiger partial charge in [0.15, 0.2) is 5.82 Å². The molecule has 1 aromatic heterocycles. The fourth-order valence-corrected chi connectivity index (χ4v) is 3.00. The molecule has 1 saturated carbocycles. The first-order valence-electron chi connectivity index (χ1n) is 7.55. The number of aromatic nitrogens is 2. The second-order valence-corrected chi connectivity index (χ2v) is 5.67. The fourth-order valence-electron chi connectivity index (χ4n) is 3.00. The van der Waals surface area contributed by atoms with Gasteiger partial charge in [-0.25, -0.2) is 0 Å². The van der Waals surface area contributed by atoms with Crippen LogP contribution in [0.2, 0.25) is 0 Å². The molecule has 0 unspecified atom stereocenters. The highest BCUT2D eigenvalue weighted by Gasteiger charge is 2.22. The third kappa shape index (κ3) is 3.54. The number of ether oxygens (including phenoxy) is 1. The van der Waals surface area contributed by atoms with Gasteiger partial charge in [-0.3, -0.25) is 0 Å². The van der Waals surface area contributed by atoms with Crippen molar-refractivity contribution in [3.8, 4) is 0 Å². The molecule has 0 aromatic carbocycles. The van der Waals surface area contributed by atoms with E-state index in [0.717, 1.165) is 43.6 Å². The molecule has 0 spiro atoms. The molecule has 0 bridgehead atoms. The maximum atomic E-state index is 5.72. The van der Waals surface area contributed by atoms with Crippen molar-refractivity contribution in [2.45, 2.75) is 51.0 Å². The predicted molar refractivity (Wildman–Crippen MR) is 70.8 cm³/mol. The summed E-state index contributed by atoms with van der Waals surface area (Å²) in [6.07, 6.45) is 8.45. The molecule has 19 heavy (non-hydrogen) atoms. The lowest BCUT2D eigenvalue weighted by Gasteiger charge is -2.08. The van der Waals surface area contributed by atoms with E-state index in [1.165, 1.54) is 32.1 Å². The van der Waals surface area contributed by atoms with E-state index in [-0.39, 0.29) is 6.04 Å². The van der Waals surface area contributed by atoms with Crippen LogP contribution in [0.1, 0.15) is 56.3 Å². The van der Waals surface area contributed by atoms with Crippen molar-refractivity contribution >= 4 is 0 Å². The van der Waals surface area contributed by atoms with Crippen LogP contribution in [0.15, 0.2) is 4.52 Å². The predicted octanol–water partition coefficient (Wildman–Crippen LogP) is 2.24. The van der Waals surface area contributed by atoms with Crippen molar-refractivity contribution in [3.05, 3.63) is 11.7 Å². The molecular weight excluding hydrogens is 242 g/mol. The van der Waals surface area contributed by atoms with Gasteiger partial charge in [0.1, 0.15) is 0 Å². The minimum atomic E-state index is 0.264. The second kappa shape index (κ2) is 6.48. The molecule has 2 aliphatic rings. The van der Waals surface area contributed by atoms with Gasteiger partial charge in [0, 0.05) is 13.0 Å². The van der Waals surface area contributed by atoms with Crippen molar-refractivity contribution in [1.82, 2.24) is 15.5 Å². The van der Waals surface area contributed by atoms with Gasteiger partial charge < -0.3 is 14.6 Å². The molecule has 1 atom stereocenters. The van der Waals surface area contributed by atoms with Gasteiger partial charge in [0.05, 0.1) is 12.6 Å². The highest BCUT2D eigenvalue weighted by molar-refractivity contribution is 4.95. The molecular formula is C14H23N3O2. The van der Waals surface area contributed by atoms with Gasteiger partial charge in [0.2, 0.25) is 5.89 Å². The van der Waals surface area contributed by atoms with Crippen LogP contribution in [0.4, 0.5) is 0 Å². The summed E-state index contributed by atoms with van der Waals surface area (Å²) in [4.78, 5) is 4.44. The average Bonchev–Trinajstić information content (AvgIpc) is 3.15. The fraction of sp³-hybridized carbons (Fsp3) is 0.857. The van der Waals surface area contributed by atoms with Crippen molar-refractivity contribution < 1.29 is 9.26 Å². The first-order valence-corrected chi connectivity index (χ1v) is 7.55.